The largest absolute Gasteiger partial charge is 0.381 e. The molecule has 0 spiro atoms. The summed E-state index contributed by atoms with van der Waals surface area (Å²) in [6.45, 7) is 2.64. The van der Waals surface area contributed by atoms with Gasteiger partial charge in [-0.25, -0.2) is 4.98 Å². The zero-order valence-electron chi connectivity index (χ0n) is 16.4. The summed E-state index contributed by atoms with van der Waals surface area (Å²) in [5, 5.41) is 11.5. The molecule has 7 nitrogen and oxygen atoms in total. The van der Waals surface area contributed by atoms with Crippen molar-refractivity contribution in [2.24, 2.45) is 5.92 Å². The Bertz CT molecular complexity index is 1040. The quantitative estimate of drug-likeness (QED) is 0.462. The van der Waals surface area contributed by atoms with E-state index in [-0.39, 0.29) is 11.8 Å². The minimum absolute atomic E-state index is 0.00900. The maximum absolute atomic E-state index is 12.0. The van der Waals surface area contributed by atoms with Crippen molar-refractivity contribution in [3.05, 3.63) is 46.0 Å². The molecule has 3 aromatic rings. The molecule has 30 heavy (non-hydrogen) atoms. The number of nitrogens with zero attached hydrogens (tertiary/aromatic N) is 3. The SMILES string of the molecule is O=C(NCCCCNc1cc(-c2ccccc2Cl)nc2c(Br)cnn12)C1CCOC1. The van der Waals surface area contributed by atoms with Crippen LogP contribution in [0, 0.1) is 5.92 Å². The maximum atomic E-state index is 12.0. The molecule has 2 N–H and O–H groups in total. The summed E-state index contributed by atoms with van der Waals surface area (Å²) in [6, 6.07) is 9.60. The molecule has 0 saturated carbocycles. The van der Waals surface area contributed by atoms with Gasteiger partial charge in [0.25, 0.3) is 0 Å². The van der Waals surface area contributed by atoms with Crippen molar-refractivity contribution in [3.63, 3.8) is 0 Å². The van der Waals surface area contributed by atoms with Crippen LogP contribution in [-0.4, -0.2) is 46.8 Å². The fraction of sp³-hybridized carbons (Fsp3) is 0.381. The number of amides is 1. The van der Waals surface area contributed by atoms with Gasteiger partial charge in [0.15, 0.2) is 5.65 Å². The van der Waals surface area contributed by atoms with Crippen molar-refractivity contribution >= 4 is 44.9 Å². The number of hydrogen-bond acceptors (Lipinski definition) is 5. The minimum atomic E-state index is 0.00900. The van der Waals surface area contributed by atoms with Crippen molar-refractivity contribution in [1.82, 2.24) is 19.9 Å². The molecule has 9 heteroatoms. The first-order valence-electron chi connectivity index (χ1n) is 10.0. The monoisotopic (exact) mass is 491 g/mol. The van der Waals surface area contributed by atoms with Crippen molar-refractivity contribution < 1.29 is 9.53 Å². The molecule has 0 bridgehead atoms. The summed E-state index contributed by atoms with van der Waals surface area (Å²) in [5.74, 6) is 0.949. The summed E-state index contributed by atoms with van der Waals surface area (Å²) in [7, 11) is 0. The van der Waals surface area contributed by atoms with E-state index in [4.69, 9.17) is 21.3 Å². The number of nitrogens with one attached hydrogen (secondary N) is 2. The molecule has 4 rings (SSSR count). The van der Waals surface area contributed by atoms with Crippen LogP contribution >= 0.6 is 27.5 Å². The highest BCUT2D eigenvalue weighted by molar-refractivity contribution is 9.10. The van der Waals surface area contributed by atoms with Crippen molar-refractivity contribution in [1.29, 1.82) is 0 Å². The summed E-state index contributed by atoms with van der Waals surface area (Å²) in [4.78, 5) is 16.7. The Labute approximate surface area is 188 Å². The molecule has 1 atom stereocenters. The number of rotatable bonds is 8. The van der Waals surface area contributed by atoms with Crippen LogP contribution in [0.5, 0.6) is 0 Å². The van der Waals surface area contributed by atoms with E-state index in [1.54, 1.807) is 10.7 Å². The second-order valence-electron chi connectivity index (χ2n) is 7.22. The van der Waals surface area contributed by atoms with Gasteiger partial charge < -0.3 is 15.4 Å². The molecule has 1 aliphatic heterocycles. The molecule has 1 aliphatic rings. The highest BCUT2D eigenvalue weighted by atomic mass is 79.9. The van der Waals surface area contributed by atoms with Gasteiger partial charge in [-0.05, 0) is 41.3 Å². The van der Waals surface area contributed by atoms with Gasteiger partial charge in [-0.3, -0.25) is 4.79 Å². The number of anilines is 1. The second kappa shape index (κ2) is 9.76. The first-order valence-corrected chi connectivity index (χ1v) is 11.2. The lowest BCUT2D eigenvalue weighted by molar-refractivity contribution is -0.124. The van der Waals surface area contributed by atoms with Gasteiger partial charge in [0.1, 0.15) is 5.82 Å². The molecule has 1 unspecified atom stereocenters. The molecule has 0 radical (unpaired) electrons. The van der Waals surface area contributed by atoms with Gasteiger partial charge in [-0.1, -0.05) is 29.8 Å². The number of carbonyl (C=O) groups is 1. The van der Waals surface area contributed by atoms with Crippen LogP contribution in [0.4, 0.5) is 5.82 Å². The Morgan fingerprint density at radius 3 is 2.93 bits per heavy atom. The Morgan fingerprint density at radius 2 is 2.13 bits per heavy atom. The zero-order valence-corrected chi connectivity index (χ0v) is 18.7. The topological polar surface area (TPSA) is 80.5 Å². The standard InChI is InChI=1S/C21H23BrClN5O2/c22-16-12-26-28-19(11-18(27-20(16)28)15-5-1-2-6-17(15)23)24-8-3-4-9-25-21(29)14-7-10-30-13-14/h1-2,5-6,11-12,14,24H,3-4,7-10,13H2,(H,25,29). The Kier molecular flexibility index (Phi) is 6.86. The number of benzene rings is 1. The fourth-order valence-corrected chi connectivity index (χ4v) is 4.01. The summed E-state index contributed by atoms with van der Waals surface area (Å²) < 4.78 is 7.85. The van der Waals surface area contributed by atoms with Crippen LogP contribution in [0.1, 0.15) is 19.3 Å². The van der Waals surface area contributed by atoms with Crippen LogP contribution in [0.15, 0.2) is 41.0 Å². The summed E-state index contributed by atoms with van der Waals surface area (Å²) in [6.07, 6.45) is 4.35. The predicted octanol–water partition coefficient (Wildman–Crippen LogP) is 4.16. The highest BCUT2D eigenvalue weighted by Gasteiger charge is 2.22. The van der Waals surface area contributed by atoms with Crippen LogP contribution in [0.25, 0.3) is 16.9 Å². The Hall–Kier alpha value is -2.16. The lowest BCUT2D eigenvalue weighted by Gasteiger charge is -2.12. The number of aromatic nitrogens is 3. The Balaban J connectivity index is 1.37. The van der Waals surface area contributed by atoms with Crippen molar-refractivity contribution in [3.8, 4) is 11.3 Å². The van der Waals surface area contributed by atoms with Crippen LogP contribution in [-0.2, 0) is 9.53 Å². The number of fused-ring (bicyclic) bond motifs is 1. The predicted molar refractivity (Wildman–Crippen MR) is 121 cm³/mol. The van der Waals surface area contributed by atoms with Crippen LogP contribution in [0.2, 0.25) is 5.02 Å². The van der Waals surface area contributed by atoms with Crippen molar-refractivity contribution in [2.75, 3.05) is 31.6 Å². The van der Waals surface area contributed by atoms with Gasteiger partial charge in [0, 0.05) is 36.3 Å². The Morgan fingerprint density at radius 1 is 1.30 bits per heavy atom. The highest BCUT2D eigenvalue weighted by Crippen LogP contribution is 2.30. The van der Waals surface area contributed by atoms with Gasteiger partial charge in [0.05, 0.1) is 28.9 Å². The van der Waals surface area contributed by atoms with Gasteiger partial charge in [-0.2, -0.15) is 9.61 Å². The normalized spacial score (nSPS) is 16.1. The molecule has 2 aromatic heterocycles. The molecular weight excluding hydrogens is 470 g/mol. The average molecular weight is 493 g/mol. The molecular formula is C21H23BrClN5O2. The molecule has 1 fully saturated rings. The number of ether oxygens (including phenoxy) is 1. The average Bonchev–Trinajstić information content (AvgIpc) is 3.41. The molecule has 1 saturated heterocycles. The molecule has 1 aromatic carbocycles. The van der Waals surface area contributed by atoms with E-state index in [2.05, 4.69) is 31.7 Å². The lowest BCUT2D eigenvalue weighted by Crippen LogP contribution is -2.31. The minimum Gasteiger partial charge on any atom is -0.381 e. The van der Waals surface area contributed by atoms with E-state index in [0.717, 1.165) is 53.0 Å². The maximum Gasteiger partial charge on any atom is 0.225 e. The third kappa shape index (κ3) is 4.77. The summed E-state index contributed by atoms with van der Waals surface area (Å²) >= 11 is 9.89. The van der Waals surface area contributed by atoms with E-state index in [9.17, 15) is 4.79 Å². The van der Waals surface area contributed by atoms with Crippen molar-refractivity contribution in [2.45, 2.75) is 19.3 Å². The molecule has 1 amide bonds. The van der Waals surface area contributed by atoms with E-state index in [0.29, 0.717) is 24.8 Å². The number of unbranched alkanes of at least 4 members (excludes halogenated alkanes) is 1. The van der Waals surface area contributed by atoms with E-state index < -0.39 is 0 Å². The smallest absolute Gasteiger partial charge is 0.225 e. The van der Waals surface area contributed by atoms with E-state index in [1.165, 1.54) is 0 Å². The number of carbonyl (C=O) groups excluding carboxylic acids is 1. The second-order valence-corrected chi connectivity index (χ2v) is 8.48. The molecule has 158 valence electrons. The third-order valence-electron chi connectivity index (χ3n) is 5.09. The molecule has 3 heterocycles. The lowest BCUT2D eigenvalue weighted by atomic mass is 10.1. The fourth-order valence-electron chi connectivity index (χ4n) is 3.43. The number of hydrogen-bond donors (Lipinski definition) is 2. The van der Waals surface area contributed by atoms with Gasteiger partial charge in [-0.15, -0.1) is 0 Å². The third-order valence-corrected chi connectivity index (χ3v) is 5.98. The zero-order chi connectivity index (χ0) is 20.9. The van der Waals surface area contributed by atoms with E-state index >= 15 is 0 Å². The molecule has 0 aliphatic carbocycles. The van der Waals surface area contributed by atoms with Crippen LogP contribution < -0.4 is 10.6 Å². The number of halogens is 2. The van der Waals surface area contributed by atoms with E-state index in [1.807, 2.05) is 30.3 Å². The van der Waals surface area contributed by atoms with Gasteiger partial charge >= 0.3 is 0 Å². The first kappa shape index (κ1) is 21.1. The van der Waals surface area contributed by atoms with Crippen LogP contribution in [0.3, 0.4) is 0 Å². The van der Waals surface area contributed by atoms with Gasteiger partial charge in [0.2, 0.25) is 5.91 Å². The first-order chi connectivity index (χ1) is 14.6. The summed E-state index contributed by atoms with van der Waals surface area (Å²) in [5.41, 5.74) is 2.38.